The molecule has 0 bridgehead atoms. The molecule has 0 radical (unpaired) electrons. The van der Waals surface area contributed by atoms with Crippen molar-refractivity contribution in [1.82, 2.24) is 9.88 Å². The molecule has 2 N–H and O–H groups in total. The molecule has 1 amide bonds. The Hall–Kier alpha value is -1.62. The van der Waals surface area contributed by atoms with E-state index in [1.165, 1.54) is 23.4 Å². The van der Waals surface area contributed by atoms with Crippen LogP contribution in [-0.4, -0.2) is 40.6 Å². The number of H-pyrrole nitrogens is 1. The number of carbonyl (C=O) groups excluding carboxylic acids is 1. The summed E-state index contributed by atoms with van der Waals surface area (Å²) in [5.74, 6) is -0.325. The molecule has 17 heavy (non-hydrogen) atoms. The highest BCUT2D eigenvalue weighted by Crippen LogP contribution is 2.01. The van der Waals surface area contributed by atoms with Crippen LogP contribution in [0.5, 0.6) is 0 Å². The molecule has 0 aromatic carbocycles. The summed E-state index contributed by atoms with van der Waals surface area (Å²) in [6.45, 7) is 2.74. The fourth-order valence-corrected chi connectivity index (χ4v) is 1.54. The Kier molecular flexibility index (Phi) is 5.42. The van der Waals surface area contributed by atoms with Crippen molar-refractivity contribution in [3.8, 4) is 0 Å². The quantitative estimate of drug-likeness (QED) is 0.762. The number of hydrogen-bond acceptors (Lipinski definition) is 3. The summed E-state index contributed by atoms with van der Waals surface area (Å²) >= 11 is 0. The van der Waals surface area contributed by atoms with Gasteiger partial charge in [0.2, 0.25) is 0 Å². The summed E-state index contributed by atoms with van der Waals surface area (Å²) < 4.78 is 0. The number of unbranched alkanes of at least 4 members (excludes halogenated alkanes) is 1. The van der Waals surface area contributed by atoms with Gasteiger partial charge in [-0.15, -0.1) is 0 Å². The average Bonchev–Trinajstić information content (AvgIpc) is 2.34. The van der Waals surface area contributed by atoms with E-state index in [2.05, 4.69) is 4.98 Å². The summed E-state index contributed by atoms with van der Waals surface area (Å²) in [5.41, 5.74) is -0.176. The Morgan fingerprint density at radius 1 is 1.47 bits per heavy atom. The normalized spacial score (nSPS) is 10.2. The van der Waals surface area contributed by atoms with Crippen LogP contribution in [-0.2, 0) is 0 Å². The van der Waals surface area contributed by atoms with Gasteiger partial charge in [-0.05, 0) is 6.42 Å². The first-order valence-electron chi connectivity index (χ1n) is 5.78. The SMILES string of the molecule is CCCCN(CCO)C(=O)c1c[nH]ccc1=O. The first-order chi connectivity index (χ1) is 8.20. The minimum Gasteiger partial charge on any atom is -0.395 e. The zero-order chi connectivity index (χ0) is 12.7. The molecule has 5 nitrogen and oxygen atoms in total. The van der Waals surface area contributed by atoms with Crippen molar-refractivity contribution in [2.45, 2.75) is 19.8 Å². The van der Waals surface area contributed by atoms with Gasteiger partial charge in [-0.2, -0.15) is 0 Å². The number of hydrogen-bond donors (Lipinski definition) is 2. The maximum Gasteiger partial charge on any atom is 0.259 e. The van der Waals surface area contributed by atoms with Gasteiger partial charge in [0.25, 0.3) is 5.91 Å². The van der Waals surface area contributed by atoms with Crippen molar-refractivity contribution in [1.29, 1.82) is 0 Å². The van der Waals surface area contributed by atoms with Crippen LogP contribution in [0, 0.1) is 0 Å². The van der Waals surface area contributed by atoms with E-state index in [1.54, 1.807) is 0 Å². The van der Waals surface area contributed by atoms with Crippen LogP contribution in [0.2, 0.25) is 0 Å². The van der Waals surface area contributed by atoms with E-state index in [1.807, 2.05) is 6.92 Å². The van der Waals surface area contributed by atoms with E-state index < -0.39 is 0 Å². The number of aliphatic hydroxyl groups is 1. The molecule has 1 aromatic rings. The summed E-state index contributed by atoms with van der Waals surface area (Å²) in [6, 6.07) is 1.32. The van der Waals surface area contributed by atoms with Crippen molar-refractivity contribution in [2.24, 2.45) is 0 Å². The highest BCUT2D eigenvalue weighted by molar-refractivity contribution is 5.93. The number of pyridine rings is 1. The van der Waals surface area contributed by atoms with Gasteiger partial charge in [0.05, 0.1) is 6.61 Å². The second-order valence-corrected chi connectivity index (χ2v) is 3.79. The number of nitrogens with zero attached hydrogens (tertiary/aromatic N) is 1. The lowest BCUT2D eigenvalue weighted by Gasteiger charge is -2.21. The first-order valence-corrected chi connectivity index (χ1v) is 5.78. The number of carbonyl (C=O) groups is 1. The monoisotopic (exact) mass is 238 g/mol. The van der Waals surface area contributed by atoms with Gasteiger partial charge in [0.1, 0.15) is 5.56 Å². The van der Waals surface area contributed by atoms with E-state index in [4.69, 9.17) is 5.11 Å². The lowest BCUT2D eigenvalue weighted by atomic mass is 10.2. The molecule has 0 saturated heterocycles. The molecule has 5 heteroatoms. The molecule has 1 rings (SSSR count). The molecular formula is C12H18N2O3. The topological polar surface area (TPSA) is 73.4 Å². The van der Waals surface area contributed by atoms with Crippen molar-refractivity contribution in [2.75, 3.05) is 19.7 Å². The number of rotatable bonds is 6. The summed E-state index contributed by atoms with van der Waals surface area (Å²) in [4.78, 5) is 27.8. The highest BCUT2D eigenvalue weighted by Gasteiger charge is 2.17. The lowest BCUT2D eigenvalue weighted by Crippen LogP contribution is -2.36. The zero-order valence-corrected chi connectivity index (χ0v) is 9.98. The molecule has 94 valence electrons. The molecule has 0 spiro atoms. The second-order valence-electron chi connectivity index (χ2n) is 3.79. The molecule has 0 unspecified atom stereocenters. The summed E-state index contributed by atoms with van der Waals surface area (Å²) in [7, 11) is 0. The summed E-state index contributed by atoms with van der Waals surface area (Å²) in [6.07, 6.45) is 4.71. The van der Waals surface area contributed by atoms with Crippen LogP contribution >= 0.6 is 0 Å². The van der Waals surface area contributed by atoms with Crippen LogP contribution in [0.15, 0.2) is 23.3 Å². The third kappa shape index (κ3) is 3.71. The maximum atomic E-state index is 12.1. The minimum atomic E-state index is -0.325. The second kappa shape index (κ2) is 6.85. The number of nitrogens with one attached hydrogen (secondary N) is 1. The smallest absolute Gasteiger partial charge is 0.259 e. The van der Waals surface area contributed by atoms with Gasteiger partial charge in [0, 0.05) is 31.5 Å². The summed E-state index contributed by atoms with van der Waals surface area (Å²) in [5, 5.41) is 8.92. The Labute approximate surface area is 100 Å². The number of amides is 1. The Morgan fingerprint density at radius 2 is 2.24 bits per heavy atom. The third-order valence-corrected chi connectivity index (χ3v) is 2.49. The predicted molar refractivity (Wildman–Crippen MR) is 65.0 cm³/mol. The first kappa shape index (κ1) is 13.4. The van der Waals surface area contributed by atoms with Gasteiger partial charge < -0.3 is 15.0 Å². The van der Waals surface area contributed by atoms with E-state index in [9.17, 15) is 9.59 Å². The number of aromatic amines is 1. The molecule has 0 atom stereocenters. The lowest BCUT2D eigenvalue weighted by molar-refractivity contribution is 0.0717. The Bertz CT molecular complexity index is 414. The van der Waals surface area contributed by atoms with Crippen molar-refractivity contribution in [3.63, 3.8) is 0 Å². The van der Waals surface area contributed by atoms with E-state index in [0.717, 1.165) is 12.8 Å². The van der Waals surface area contributed by atoms with E-state index in [0.29, 0.717) is 6.54 Å². The fraction of sp³-hybridized carbons (Fsp3) is 0.500. The molecule has 0 aliphatic carbocycles. The fourth-order valence-electron chi connectivity index (χ4n) is 1.54. The average molecular weight is 238 g/mol. The van der Waals surface area contributed by atoms with E-state index >= 15 is 0 Å². The molecule has 0 saturated carbocycles. The minimum absolute atomic E-state index is 0.0970. The number of aliphatic hydroxyl groups excluding tert-OH is 1. The molecule has 1 heterocycles. The zero-order valence-electron chi connectivity index (χ0n) is 9.98. The van der Waals surface area contributed by atoms with Crippen LogP contribution < -0.4 is 5.43 Å². The van der Waals surface area contributed by atoms with Crippen LogP contribution in [0.1, 0.15) is 30.1 Å². The third-order valence-electron chi connectivity index (χ3n) is 2.49. The predicted octanol–water partition coefficient (Wildman–Crippen LogP) is 0.610. The van der Waals surface area contributed by atoms with Crippen molar-refractivity contribution < 1.29 is 9.90 Å². The van der Waals surface area contributed by atoms with Crippen molar-refractivity contribution in [3.05, 3.63) is 34.2 Å². The van der Waals surface area contributed by atoms with Crippen molar-refractivity contribution >= 4 is 5.91 Å². The molecule has 0 aliphatic heterocycles. The number of aromatic nitrogens is 1. The van der Waals surface area contributed by atoms with Crippen LogP contribution in [0.25, 0.3) is 0 Å². The standard InChI is InChI=1S/C12H18N2O3/c1-2-3-6-14(7-8-15)12(17)10-9-13-5-4-11(10)16/h4-5,9,15H,2-3,6-8H2,1H3,(H,13,16). The van der Waals surface area contributed by atoms with Gasteiger partial charge in [-0.25, -0.2) is 0 Å². The van der Waals surface area contributed by atoms with E-state index in [-0.39, 0.29) is 30.1 Å². The van der Waals surface area contributed by atoms with Gasteiger partial charge in [0.15, 0.2) is 5.43 Å². The Morgan fingerprint density at radius 3 is 2.82 bits per heavy atom. The Balaban J connectivity index is 2.84. The van der Waals surface area contributed by atoms with Gasteiger partial charge in [-0.3, -0.25) is 9.59 Å². The molecule has 0 fully saturated rings. The molecule has 0 aliphatic rings. The molecule has 1 aromatic heterocycles. The van der Waals surface area contributed by atoms with Crippen LogP contribution in [0.4, 0.5) is 0 Å². The van der Waals surface area contributed by atoms with Crippen LogP contribution in [0.3, 0.4) is 0 Å². The van der Waals surface area contributed by atoms with Gasteiger partial charge >= 0.3 is 0 Å². The highest BCUT2D eigenvalue weighted by atomic mass is 16.3. The van der Waals surface area contributed by atoms with Gasteiger partial charge in [-0.1, -0.05) is 13.3 Å². The maximum absolute atomic E-state index is 12.1. The largest absolute Gasteiger partial charge is 0.395 e. The molecular weight excluding hydrogens is 220 g/mol.